The van der Waals surface area contributed by atoms with E-state index in [0.29, 0.717) is 10.6 Å². The zero-order valence-electron chi connectivity index (χ0n) is 12.0. The lowest BCUT2D eigenvalue weighted by molar-refractivity contribution is -0.174. The van der Waals surface area contributed by atoms with Gasteiger partial charge >= 0.3 is 6.18 Å². The molecule has 0 fully saturated rings. The number of hydrogen-bond donors (Lipinski definition) is 0. The second kappa shape index (κ2) is 5.56. The molecule has 1 aliphatic heterocycles. The Balaban J connectivity index is 2.14. The molecular formula is C16H12F3NO2S. The molecule has 0 aliphatic carbocycles. The van der Waals surface area contributed by atoms with E-state index in [1.165, 1.54) is 6.07 Å². The van der Waals surface area contributed by atoms with Crippen molar-refractivity contribution < 1.29 is 22.8 Å². The normalized spacial score (nSPS) is 21.1. The highest BCUT2D eigenvalue weighted by Crippen LogP contribution is 2.49. The SMILES string of the molecule is Cn1cccc1[C@H]1Sc2ccccc2C(=O)[C@H]1C(=O)C(F)(F)F. The first-order valence-electron chi connectivity index (χ1n) is 6.83. The van der Waals surface area contributed by atoms with Gasteiger partial charge in [-0.2, -0.15) is 13.2 Å². The minimum atomic E-state index is -5.05. The average Bonchev–Trinajstić information content (AvgIpc) is 2.91. The van der Waals surface area contributed by atoms with Crippen LogP contribution in [0.5, 0.6) is 0 Å². The maximum absolute atomic E-state index is 13.0. The predicted octanol–water partition coefficient (Wildman–Crippen LogP) is 3.80. The van der Waals surface area contributed by atoms with Crippen molar-refractivity contribution in [2.75, 3.05) is 0 Å². The Morgan fingerprint density at radius 1 is 1.17 bits per heavy atom. The van der Waals surface area contributed by atoms with E-state index in [2.05, 4.69) is 0 Å². The summed E-state index contributed by atoms with van der Waals surface area (Å²) in [6, 6.07) is 9.75. The van der Waals surface area contributed by atoms with Gasteiger partial charge in [-0.15, -0.1) is 11.8 Å². The molecule has 1 aliphatic rings. The Hall–Kier alpha value is -2.02. The summed E-state index contributed by atoms with van der Waals surface area (Å²) in [4.78, 5) is 25.1. The lowest BCUT2D eigenvalue weighted by Crippen LogP contribution is -2.40. The molecule has 2 heterocycles. The van der Waals surface area contributed by atoms with Crippen molar-refractivity contribution in [3.8, 4) is 0 Å². The predicted molar refractivity (Wildman–Crippen MR) is 79.3 cm³/mol. The Bertz CT molecular complexity index is 782. The van der Waals surface area contributed by atoms with Crippen molar-refractivity contribution in [3.05, 3.63) is 53.9 Å². The molecule has 0 saturated carbocycles. The molecule has 0 unspecified atom stereocenters. The fourth-order valence-electron chi connectivity index (χ4n) is 2.72. The van der Waals surface area contributed by atoms with Crippen molar-refractivity contribution in [1.82, 2.24) is 4.57 Å². The van der Waals surface area contributed by atoms with Gasteiger partial charge in [0.1, 0.15) is 5.92 Å². The molecule has 1 aromatic carbocycles. The van der Waals surface area contributed by atoms with Crippen LogP contribution in [0.15, 0.2) is 47.5 Å². The van der Waals surface area contributed by atoms with Crippen LogP contribution in [0.2, 0.25) is 0 Å². The largest absolute Gasteiger partial charge is 0.450 e. The van der Waals surface area contributed by atoms with Crippen molar-refractivity contribution in [1.29, 1.82) is 0 Å². The highest BCUT2D eigenvalue weighted by atomic mass is 32.2. The lowest BCUT2D eigenvalue weighted by Gasteiger charge is -2.31. The molecule has 3 nitrogen and oxygen atoms in total. The van der Waals surface area contributed by atoms with Crippen LogP contribution in [0.25, 0.3) is 0 Å². The summed E-state index contributed by atoms with van der Waals surface area (Å²) in [7, 11) is 1.68. The van der Waals surface area contributed by atoms with Crippen LogP contribution in [0.3, 0.4) is 0 Å². The Labute approximate surface area is 134 Å². The number of hydrogen-bond acceptors (Lipinski definition) is 3. The summed E-state index contributed by atoms with van der Waals surface area (Å²) in [5.41, 5.74) is 0.686. The molecule has 1 aromatic heterocycles. The smallest absolute Gasteiger partial charge is 0.353 e. The maximum atomic E-state index is 13.0. The minimum absolute atomic E-state index is 0.172. The van der Waals surface area contributed by atoms with Gasteiger partial charge in [0.05, 0.1) is 5.25 Å². The molecule has 2 atom stereocenters. The third kappa shape index (κ3) is 2.69. The summed E-state index contributed by atoms with van der Waals surface area (Å²) in [5, 5.41) is -0.897. The van der Waals surface area contributed by atoms with Gasteiger partial charge in [-0.05, 0) is 18.2 Å². The van der Waals surface area contributed by atoms with Crippen LogP contribution < -0.4 is 0 Å². The number of nitrogens with zero attached hydrogens (tertiary/aromatic N) is 1. The molecule has 0 saturated heterocycles. The topological polar surface area (TPSA) is 39.1 Å². The Kier molecular flexibility index (Phi) is 3.83. The summed E-state index contributed by atoms with van der Waals surface area (Å²) in [6.45, 7) is 0. The van der Waals surface area contributed by atoms with Gasteiger partial charge in [-0.1, -0.05) is 18.2 Å². The summed E-state index contributed by atoms with van der Waals surface area (Å²) < 4.78 is 40.6. The lowest BCUT2D eigenvalue weighted by atomic mass is 9.88. The number of Topliss-reactive ketones (excluding diaryl/α,β-unsaturated/α-hetero) is 2. The second-order valence-electron chi connectivity index (χ2n) is 5.28. The number of carbonyl (C=O) groups excluding carboxylic acids is 2. The summed E-state index contributed by atoms with van der Waals surface area (Å²) >= 11 is 1.12. The zero-order chi connectivity index (χ0) is 16.8. The van der Waals surface area contributed by atoms with Gasteiger partial charge in [0.2, 0.25) is 5.78 Å². The number of aryl methyl sites for hydroxylation is 1. The van der Waals surface area contributed by atoms with Gasteiger partial charge in [-0.25, -0.2) is 0 Å². The minimum Gasteiger partial charge on any atom is -0.353 e. The fraction of sp³-hybridized carbons (Fsp3) is 0.250. The molecule has 0 radical (unpaired) electrons. The molecule has 0 spiro atoms. The Morgan fingerprint density at radius 3 is 2.48 bits per heavy atom. The first-order valence-corrected chi connectivity index (χ1v) is 7.71. The van der Waals surface area contributed by atoms with E-state index < -0.39 is 28.9 Å². The van der Waals surface area contributed by atoms with E-state index in [4.69, 9.17) is 0 Å². The Morgan fingerprint density at radius 2 is 1.87 bits per heavy atom. The number of aromatic nitrogens is 1. The molecule has 120 valence electrons. The van der Waals surface area contributed by atoms with Crippen LogP contribution >= 0.6 is 11.8 Å². The van der Waals surface area contributed by atoms with Crippen molar-refractivity contribution >= 4 is 23.3 Å². The first-order chi connectivity index (χ1) is 10.8. The van der Waals surface area contributed by atoms with Gasteiger partial charge in [0, 0.05) is 29.4 Å². The average molecular weight is 339 g/mol. The maximum Gasteiger partial charge on any atom is 0.450 e. The molecule has 7 heteroatoms. The van der Waals surface area contributed by atoms with Gasteiger partial charge < -0.3 is 4.57 Å². The third-order valence-electron chi connectivity index (χ3n) is 3.83. The zero-order valence-corrected chi connectivity index (χ0v) is 12.8. The van der Waals surface area contributed by atoms with Gasteiger partial charge in [0.15, 0.2) is 5.78 Å². The first kappa shape index (κ1) is 15.9. The van der Waals surface area contributed by atoms with Crippen molar-refractivity contribution in [3.63, 3.8) is 0 Å². The number of ketones is 2. The molecule has 2 aromatic rings. The number of carbonyl (C=O) groups is 2. The van der Waals surface area contributed by atoms with Crippen molar-refractivity contribution in [2.24, 2.45) is 13.0 Å². The van der Waals surface area contributed by atoms with E-state index in [9.17, 15) is 22.8 Å². The molecule has 23 heavy (non-hydrogen) atoms. The van der Waals surface area contributed by atoms with Crippen LogP contribution in [-0.4, -0.2) is 22.3 Å². The van der Waals surface area contributed by atoms with E-state index in [0.717, 1.165) is 11.8 Å². The number of fused-ring (bicyclic) bond motifs is 1. The third-order valence-corrected chi connectivity index (χ3v) is 5.21. The van der Waals surface area contributed by atoms with E-state index in [1.54, 1.807) is 48.1 Å². The van der Waals surface area contributed by atoms with Crippen LogP contribution in [0.4, 0.5) is 13.2 Å². The van der Waals surface area contributed by atoms with E-state index in [1.807, 2.05) is 0 Å². The molecule has 3 rings (SSSR count). The highest BCUT2D eigenvalue weighted by Gasteiger charge is 2.52. The standard InChI is InChI=1S/C16H12F3NO2S/c1-20-8-4-6-10(20)14-12(15(22)16(17,18)19)13(21)9-5-2-3-7-11(9)23-14/h2-8,12,14H,1H3/t12-,14-/m1/s1. The van der Waals surface area contributed by atoms with Crippen LogP contribution in [-0.2, 0) is 11.8 Å². The summed E-state index contributed by atoms with van der Waals surface area (Å²) in [5.74, 6) is -4.52. The van der Waals surface area contributed by atoms with E-state index in [-0.39, 0.29) is 5.56 Å². The van der Waals surface area contributed by atoms with Crippen LogP contribution in [0, 0.1) is 5.92 Å². The molecule has 0 bridgehead atoms. The van der Waals surface area contributed by atoms with Crippen molar-refractivity contribution in [2.45, 2.75) is 16.3 Å². The quantitative estimate of drug-likeness (QED) is 0.781. The number of halogens is 3. The number of benzene rings is 1. The number of alkyl halides is 3. The molecular weight excluding hydrogens is 327 g/mol. The second-order valence-corrected chi connectivity index (χ2v) is 6.47. The van der Waals surface area contributed by atoms with E-state index >= 15 is 0 Å². The highest BCUT2D eigenvalue weighted by molar-refractivity contribution is 7.99. The van der Waals surface area contributed by atoms with Gasteiger partial charge in [0.25, 0.3) is 0 Å². The molecule has 0 N–H and O–H groups in total. The monoisotopic (exact) mass is 339 g/mol. The summed E-state index contributed by atoms with van der Waals surface area (Å²) in [6.07, 6.45) is -3.37. The van der Waals surface area contributed by atoms with Crippen LogP contribution in [0.1, 0.15) is 21.3 Å². The number of rotatable bonds is 2. The number of thioether (sulfide) groups is 1. The fourth-order valence-corrected chi connectivity index (χ4v) is 4.19. The van der Waals surface area contributed by atoms with Gasteiger partial charge in [-0.3, -0.25) is 9.59 Å². The molecule has 0 amide bonds.